The van der Waals surface area contributed by atoms with Crippen molar-refractivity contribution in [3.63, 3.8) is 0 Å². The van der Waals surface area contributed by atoms with Crippen molar-refractivity contribution >= 4 is 28.5 Å². The van der Waals surface area contributed by atoms with Gasteiger partial charge in [-0.3, -0.25) is 4.79 Å². The number of piperazine rings is 1. The molecule has 2 aromatic rings. The first kappa shape index (κ1) is 17.6. The van der Waals surface area contributed by atoms with Gasteiger partial charge in [-0.15, -0.1) is 10.2 Å². The Morgan fingerprint density at radius 1 is 1.12 bits per heavy atom. The Balaban J connectivity index is 1.53. The van der Waals surface area contributed by atoms with Crippen LogP contribution in [-0.2, 0) is 4.79 Å². The minimum atomic E-state index is 0.0704. The molecule has 1 aliphatic rings. The summed E-state index contributed by atoms with van der Waals surface area (Å²) < 4.78 is 0. The van der Waals surface area contributed by atoms with Crippen molar-refractivity contribution in [2.75, 3.05) is 31.1 Å². The van der Waals surface area contributed by atoms with Crippen molar-refractivity contribution in [3.05, 3.63) is 46.5 Å². The van der Waals surface area contributed by atoms with E-state index in [9.17, 15) is 4.79 Å². The maximum absolute atomic E-state index is 12.4. The molecule has 1 fully saturated rings. The average molecular weight is 356 g/mol. The van der Waals surface area contributed by atoms with Gasteiger partial charge in [0.2, 0.25) is 11.0 Å². The van der Waals surface area contributed by atoms with E-state index in [0.717, 1.165) is 28.8 Å². The lowest BCUT2D eigenvalue weighted by molar-refractivity contribution is -0.126. The number of rotatable bonds is 4. The Kier molecular flexibility index (Phi) is 5.48. The molecule has 1 aromatic carbocycles. The van der Waals surface area contributed by atoms with Crippen LogP contribution in [0.2, 0.25) is 0 Å². The fourth-order valence-corrected chi connectivity index (χ4v) is 3.54. The van der Waals surface area contributed by atoms with Crippen molar-refractivity contribution < 1.29 is 4.79 Å². The summed E-state index contributed by atoms with van der Waals surface area (Å²) in [5, 5.41) is 10.2. The molecule has 1 saturated heterocycles. The van der Waals surface area contributed by atoms with E-state index in [0.29, 0.717) is 19.0 Å². The van der Waals surface area contributed by atoms with Gasteiger partial charge in [0, 0.05) is 32.3 Å². The molecular formula is C19H24N4OS. The standard InChI is InChI=1S/C19H24N4OS/c1-14(2)17-7-4-16(5-8-17)6-9-18(24)22-10-12-23(13-11-22)19-21-20-15(3)25-19/h4-9,14H,10-13H2,1-3H3/b9-6+. The second kappa shape index (κ2) is 7.78. The zero-order valence-electron chi connectivity index (χ0n) is 15.0. The lowest BCUT2D eigenvalue weighted by atomic mass is 10.0. The summed E-state index contributed by atoms with van der Waals surface area (Å²) in [6.07, 6.45) is 3.57. The number of aromatic nitrogens is 2. The van der Waals surface area contributed by atoms with Gasteiger partial charge in [0.1, 0.15) is 5.01 Å². The number of amides is 1. The van der Waals surface area contributed by atoms with Gasteiger partial charge in [-0.05, 0) is 30.0 Å². The second-order valence-corrected chi connectivity index (χ2v) is 7.73. The normalized spacial score (nSPS) is 15.4. The number of carbonyl (C=O) groups is 1. The second-order valence-electron chi connectivity index (χ2n) is 6.57. The minimum Gasteiger partial charge on any atom is -0.343 e. The molecule has 1 amide bonds. The van der Waals surface area contributed by atoms with E-state index in [2.05, 4.69) is 53.2 Å². The first-order chi connectivity index (χ1) is 12.0. The van der Waals surface area contributed by atoms with Crippen LogP contribution >= 0.6 is 11.3 Å². The number of carbonyl (C=O) groups excluding carboxylic acids is 1. The molecule has 1 aliphatic heterocycles. The van der Waals surface area contributed by atoms with Gasteiger partial charge in [-0.25, -0.2) is 0 Å². The molecule has 0 saturated carbocycles. The molecule has 0 radical (unpaired) electrons. The van der Waals surface area contributed by atoms with Crippen LogP contribution < -0.4 is 4.90 Å². The highest BCUT2D eigenvalue weighted by atomic mass is 32.1. The highest BCUT2D eigenvalue weighted by molar-refractivity contribution is 7.15. The number of benzene rings is 1. The summed E-state index contributed by atoms with van der Waals surface area (Å²) in [4.78, 5) is 16.5. The van der Waals surface area contributed by atoms with Gasteiger partial charge in [-0.2, -0.15) is 0 Å². The molecule has 25 heavy (non-hydrogen) atoms. The van der Waals surface area contributed by atoms with Crippen molar-refractivity contribution in [2.24, 2.45) is 0 Å². The fraction of sp³-hybridized carbons (Fsp3) is 0.421. The first-order valence-corrected chi connectivity index (χ1v) is 9.46. The number of hydrogen-bond acceptors (Lipinski definition) is 5. The molecule has 132 valence electrons. The fourth-order valence-electron chi connectivity index (χ4n) is 2.80. The topological polar surface area (TPSA) is 49.3 Å². The Morgan fingerprint density at radius 2 is 1.80 bits per heavy atom. The molecular weight excluding hydrogens is 332 g/mol. The predicted octanol–water partition coefficient (Wildman–Crippen LogP) is 3.33. The summed E-state index contributed by atoms with van der Waals surface area (Å²) in [6.45, 7) is 9.35. The van der Waals surface area contributed by atoms with Crippen LogP contribution in [0, 0.1) is 6.92 Å². The van der Waals surface area contributed by atoms with Crippen LogP contribution in [-0.4, -0.2) is 47.2 Å². The van der Waals surface area contributed by atoms with E-state index >= 15 is 0 Å². The molecule has 0 aliphatic carbocycles. The average Bonchev–Trinajstić information content (AvgIpc) is 3.06. The zero-order valence-corrected chi connectivity index (χ0v) is 15.8. The molecule has 5 nitrogen and oxygen atoms in total. The van der Waals surface area contributed by atoms with E-state index in [-0.39, 0.29) is 5.91 Å². The highest BCUT2D eigenvalue weighted by Crippen LogP contribution is 2.21. The maximum Gasteiger partial charge on any atom is 0.246 e. The quantitative estimate of drug-likeness (QED) is 0.789. The molecule has 0 bridgehead atoms. The summed E-state index contributed by atoms with van der Waals surface area (Å²) in [6, 6.07) is 8.37. The smallest absolute Gasteiger partial charge is 0.246 e. The highest BCUT2D eigenvalue weighted by Gasteiger charge is 2.21. The van der Waals surface area contributed by atoms with E-state index in [1.807, 2.05) is 17.9 Å². The molecule has 2 heterocycles. The van der Waals surface area contributed by atoms with Gasteiger partial charge >= 0.3 is 0 Å². The number of hydrogen-bond donors (Lipinski definition) is 0. The van der Waals surface area contributed by atoms with Crippen molar-refractivity contribution in [1.29, 1.82) is 0 Å². The Labute approximate surface area is 153 Å². The monoisotopic (exact) mass is 356 g/mol. The van der Waals surface area contributed by atoms with Gasteiger partial charge in [0.15, 0.2) is 0 Å². The molecule has 6 heteroatoms. The van der Waals surface area contributed by atoms with Crippen LogP contribution in [0.15, 0.2) is 30.3 Å². The zero-order chi connectivity index (χ0) is 17.8. The predicted molar refractivity (Wildman–Crippen MR) is 103 cm³/mol. The molecule has 1 aromatic heterocycles. The van der Waals surface area contributed by atoms with Crippen LogP contribution in [0.4, 0.5) is 5.13 Å². The lowest BCUT2D eigenvalue weighted by Crippen LogP contribution is -2.48. The van der Waals surface area contributed by atoms with E-state index < -0.39 is 0 Å². The molecule has 0 atom stereocenters. The third-order valence-electron chi connectivity index (χ3n) is 4.40. The summed E-state index contributed by atoms with van der Waals surface area (Å²) in [5.41, 5.74) is 2.37. The number of anilines is 1. The van der Waals surface area contributed by atoms with Gasteiger partial charge in [0.25, 0.3) is 0 Å². The largest absolute Gasteiger partial charge is 0.343 e. The summed E-state index contributed by atoms with van der Waals surface area (Å²) in [7, 11) is 0. The van der Waals surface area contributed by atoms with Crippen LogP contribution in [0.3, 0.4) is 0 Å². The Morgan fingerprint density at radius 3 is 2.36 bits per heavy atom. The van der Waals surface area contributed by atoms with E-state index in [4.69, 9.17) is 0 Å². The van der Waals surface area contributed by atoms with Gasteiger partial charge < -0.3 is 9.80 Å². The van der Waals surface area contributed by atoms with Gasteiger partial charge in [-0.1, -0.05) is 49.4 Å². The van der Waals surface area contributed by atoms with Crippen LogP contribution in [0.5, 0.6) is 0 Å². The molecule has 0 N–H and O–H groups in total. The van der Waals surface area contributed by atoms with Crippen molar-refractivity contribution in [1.82, 2.24) is 15.1 Å². The van der Waals surface area contributed by atoms with Crippen LogP contribution in [0.1, 0.15) is 35.9 Å². The Bertz CT molecular complexity index is 743. The van der Waals surface area contributed by atoms with Crippen molar-refractivity contribution in [3.8, 4) is 0 Å². The summed E-state index contributed by atoms with van der Waals surface area (Å²) in [5.74, 6) is 0.591. The van der Waals surface area contributed by atoms with Crippen molar-refractivity contribution in [2.45, 2.75) is 26.7 Å². The SMILES string of the molecule is Cc1nnc(N2CCN(C(=O)/C=C/c3ccc(C(C)C)cc3)CC2)s1. The maximum atomic E-state index is 12.4. The third kappa shape index (κ3) is 4.45. The Hall–Kier alpha value is -2.21. The number of nitrogens with zero attached hydrogens (tertiary/aromatic N) is 4. The minimum absolute atomic E-state index is 0.0704. The van der Waals surface area contributed by atoms with Gasteiger partial charge in [0.05, 0.1) is 0 Å². The van der Waals surface area contributed by atoms with E-state index in [1.54, 1.807) is 17.4 Å². The third-order valence-corrected chi connectivity index (χ3v) is 5.30. The van der Waals surface area contributed by atoms with Crippen LogP contribution in [0.25, 0.3) is 6.08 Å². The number of aryl methyl sites for hydroxylation is 1. The van der Waals surface area contributed by atoms with E-state index in [1.165, 1.54) is 5.56 Å². The molecule has 0 unspecified atom stereocenters. The molecule has 3 rings (SSSR count). The summed E-state index contributed by atoms with van der Waals surface area (Å²) >= 11 is 1.60. The molecule has 0 spiro atoms. The first-order valence-electron chi connectivity index (χ1n) is 8.65. The lowest BCUT2D eigenvalue weighted by Gasteiger charge is -2.33.